The molecular formula is C24H21ClN2O5. The van der Waals surface area contributed by atoms with E-state index in [9.17, 15) is 9.59 Å². The quantitative estimate of drug-likeness (QED) is 0.231. The maximum atomic E-state index is 12.5. The predicted molar refractivity (Wildman–Crippen MR) is 122 cm³/mol. The first-order valence-corrected chi connectivity index (χ1v) is 10.1. The standard InChI is InChI=1S/C24H21ClN2O5/c1-3-31-22-13-16(15-26-27-23(28)18-5-4-6-19(25)14-18)7-12-21(22)32-24(29)17-8-10-20(30-2)11-9-17/h4-15H,3H2,1-2H3,(H,27,28)/b26-15-. The summed E-state index contributed by atoms with van der Waals surface area (Å²) in [7, 11) is 1.55. The number of methoxy groups -OCH3 is 1. The molecule has 0 heterocycles. The molecule has 0 bridgehead atoms. The Labute approximate surface area is 190 Å². The predicted octanol–water partition coefficient (Wildman–Crippen LogP) is 4.73. The number of carbonyl (C=O) groups excluding carboxylic acids is 2. The SMILES string of the molecule is CCOc1cc(/C=N\NC(=O)c2cccc(Cl)c2)ccc1OC(=O)c1ccc(OC)cc1. The van der Waals surface area contributed by atoms with E-state index in [1.807, 2.05) is 6.92 Å². The zero-order valence-corrected chi connectivity index (χ0v) is 18.3. The van der Waals surface area contributed by atoms with Crippen LogP contribution in [0.3, 0.4) is 0 Å². The fraction of sp³-hybridized carbons (Fsp3) is 0.125. The summed E-state index contributed by atoms with van der Waals surface area (Å²) in [5.74, 6) is 0.373. The molecule has 0 atom stereocenters. The Morgan fingerprint density at radius 3 is 2.47 bits per heavy atom. The van der Waals surface area contributed by atoms with Crippen LogP contribution in [0.5, 0.6) is 17.2 Å². The molecule has 0 aliphatic carbocycles. The Balaban J connectivity index is 1.69. The number of hydrogen-bond acceptors (Lipinski definition) is 6. The second-order valence-corrected chi connectivity index (χ2v) is 6.90. The minimum Gasteiger partial charge on any atom is -0.497 e. The first kappa shape index (κ1) is 22.8. The minimum atomic E-state index is -0.524. The van der Waals surface area contributed by atoms with Crippen molar-refractivity contribution in [3.63, 3.8) is 0 Å². The summed E-state index contributed by atoms with van der Waals surface area (Å²) in [5, 5.41) is 4.42. The van der Waals surface area contributed by atoms with Crippen LogP contribution < -0.4 is 19.6 Å². The van der Waals surface area contributed by atoms with Gasteiger partial charge in [-0.05, 0) is 73.2 Å². The number of hydrazone groups is 1. The van der Waals surface area contributed by atoms with E-state index in [2.05, 4.69) is 10.5 Å². The molecule has 3 rings (SSSR count). The highest BCUT2D eigenvalue weighted by Gasteiger charge is 2.13. The van der Waals surface area contributed by atoms with Crippen LogP contribution in [0.4, 0.5) is 0 Å². The van der Waals surface area contributed by atoms with Crippen LogP contribution in [0.1, 0.15) is 33.2 Å². The van der Waals surface area contributed by atoms with Crippen LogP contribution in [0.15, 0.2) is 71.8 Å². The number of nitrogens with zero attached hydrogens (tertiary/aromatic N) is 1. The number of benzene rings is 3. The molecule has 0 spiro atoms. The van der Waals surface area contributed by atoms with Gasteiger partial charge in [0.1, 0.15) is 5.75 Å². The van der Waals surface area contributed by atoms with E-state index in [1.165, 1.54) is 6.21 Å². The third-order valence-corrected chi connectivity index (χ3v) is 4.50. The number of nitrogens with one attached hydrogen (secondary N) is 1. The molecule has 32 heavy (non-hydrogen) atoms. The molecule has 0 fully saturated rings. The van der Waals surface area contributed by atoms with Gasteiger partial charge in [-0.1, -0.05) is 17.7 Å². The highest BCUT2D eigenvalue weighted by molar-refractivity contribution is 6.30. The molecule has 164 valence electrons. The highest BCUT2D eigenvalue weighted by atomic mass is 35.5. The van der Waals surface area contributed by atoms with Crippen molar-refractivity contribution in [2.75, 3.05) is 13.7 Å². The van der Waals surface area contributed by atoms with Gasteiger partial charge in [0.05, 0.1) is 25.5 Å². The Kier molecular flexibility index (Phi) is 7.83. The van der Waals surface area contributed by atoms with E-state index in [0.29, 0.717) is 39.8 Å². The molecule has 0 saturated heterocycles. The van der Waals surface area contributed by atoms with Crippen molar-refractivity contribution in [2.45, 2.75) is 6.92 Å². The summed E-state index contributed by atoms with van der Waals surface area (Å²) in [6, 6.07) is 18.1. The molecule has 0 aliphatic rings. The smallest absolute Gasteiger partial charge is 0.343 e. The molecule has 0 unspecified atom stereocenters. The molecule has 0 radical (unpaired) electrons. The highest BCUT2D eigenvalue weighted by Crippen LogP contribution is 2.29. The van der Waals surface area contributed by atoms with Crippen molar-refractivity contribution in [3.05, 3.63) is 88.4 Å². The van der Waals surface area contributed by atoms with Crippen LogP contribution in [-0.2, 0) is 0 Å². The molecule has 0 saturated carbocycles. The number of hydrogen-bond donors (Lipinski definition) is 1. The Hall–Kier alpha value is -3.84. The molecule has 3 aromatic carbocycles. The maximum absolute atomic E-state index is 12.5. The Morgan fingerprint density at radius 2 is 1.78 bits per heavy atom. The topological polar surface area (TPSA) is 86.2 Å². The van der Waals surface area contributed by atoms with Crippen LogP contribution in [0.2, 0.25) is 5.02 Å². The summed E-state index contributed by atoms with van der Waals surface area (Å²) < 4.78 is 16.2. The molecular weight excluding hydrogens is 432 g/mol. The number of ether oxygens (including phenoxy) is 3. The molecule has 0 aromatic heterocycles. The minimum absolute atomic E-state index is 0.271. The van der Waals surface area contributed by atoms with E-state index in [1.54, 1.807) is 73.8 Å². The molecule has 1 N–H and O–H groups in total. The van der Waals surface area contributed by atoms with Crippen molar-refractivity contribution < 1.29 is 23.8 Å². The lowest BCUT2D eigenvalue weighted by molar-refractivity contribution is 0.0728. The molecule has 3 aromatic rings. The van der Waals surface area contributed by atoms with Gasteiger partial charge in [-0.15, -0.1) is 0 Å². The number of halogens is 1. The van der Waals surface area contributed by atoms with E-state index < -0.39 is 5.97 Å². The van der Waals surface area contributed by atoms with Gasteiger partial charge in [-0.3, -0.25) is 4.79 Å². The average Bonchev–Trinajstić information content (AvgIpc) is 2.80. The van der Waals surface area contributed by atoms with Gasteiger partial charge >= 0.3 is 5.97 Å². The van der Waals surface area contributed by atoms with Crippen LogP contribution >= 0.6 is 11.6 Å². The van der Waals surface area contributed by atoms with Gasteiger partial charge in [-0.25, -0.2) is 10.2 Å². The normalized spacial score (nSPS) is 10.6. The van der Waals surface area contributed by atoms with E-state index in [-0.39, 0.29) is 11.7 Å². The van der Waals surface area contributed by atoms with Gasteiger partial charge in [-0.2, -0.15) is 5.10 Å². The van der Waals surface area contributed by atoms with Crippen molar-refractivity contribution in [1.29, 1.82) is 0 Å². The summed E-state index contributed by atoms with van der Waals surface area (Å²) in [5.41, 5.74) is 3.85. The second-order valence-electron chi connectivity index (χ2n) is 6.47. The third kappa shape index (κ3) is 6.09. The van der Waals surface area contributed by atoms with Crippen molar-refractivity contribution in [3.8, 4) is 17.2 Å². The Bertz CT molecular complexity index is 1130. The van der Waals surface area contributed by atoms with Crippen LogP contribution in [0, 0.1) is 0 Å². The van der Waals surface area contributed by atoms with Gasteiger partial charge in [0.2, 0.25) is 0 Å². The fourth-order valence-electron chi connectivity index (χ4n) is 2.70. The summed E-state index contributed by atoms with van der Waals surface area (Å²) >= 11 is 5.90. The first-order chi connectivity index (χ1) is 15.5. The van der Waals surface area contributed by atoms with E-state index in [0.717, 1.165) is 0 Å². The van der Waals surface area contributed by atoms with E-state index in [4.69, 9.17) is 25.8 Å². The molecule has 8 heteroatoms. The van der Waals surface area contributed by atoms with Crippen molar-refractivity contribution >= 4 is 29.7 Å². The van der Waals surface area contributed by atoms with Crippen LogP contribution in [0.25, 0.3) is 0 Å². The van der Waals surface area contributed by atoms with Gasteiger partial charge < -0.3 is 14.2 Å². The van der Waals surface area contributed by atoms with Gasteiger partial charge in [0.25, 0.3) is 5.91 Å². The number of amides is 1. The zero-order chi connectivity index (χ0) is 22.9. The largest absolute Gasteiger partial charge is 0.497 e. The lowest BCUT2D eigenvalue weighted by atomic mass is 10.2. The monoisotopic (exact) mass is 452 g/mol. The number of esters is 1. The molecule has 7 nitrogen and oxygen atoms in total. The second kappa shape index (κ2) is 11.0. The fourth-order valence-corrected chi connectivity index (χ4v) is 2.89. The summed E-state index contributed by atoms with van der Waals surface area (Å²) in [6.07, 6.45) is 1.46. The van der Waals surface area contributed by atoms with Crippen molar-refractivity contribution in [2.24, 2.45) is 5.10 Å². The first-order valence-electron chi connectivity index (χ1n) is 9.72. The lowest BCUT2D eigenvalue weighted by Crippen LogP contribution is -2.17. The molecule has 1 amide bonds. The van der Waals surface area contributed by atoms with Crippen molar-refractivity contribution in [1.82, 2.24) is 5.43 Å². The zero-order valence-electron chi connectivity index (χ0n) is 17.5. The lowest BCUT2D eigenvalue weighted by Gasteiger charge is -2.11. The molecule has 0 aliphatic heterocycles. The Morgan fingerprint density at radius 1 is 1.00 bits per heavy atom. The van der Waals surface area contributed by atoms with Gasteiger partial charge in [0, 0.05) is 10.6 Å². The number of carbonyl (C=O) groups is 2. The van der Waals surface area contributed by atoms with Gasteiger partial charge in [0.15, 0.2) is 11.5 Å². The average molecular weight is 453 g/mol. The summed E-state index contributed by atoms with van der Waals surface area (Å²) in [6.45, 7) is 2.19. The number of rotatable bonds is 8. The third-order valence-electron chi connectivity index (χ3n) is 4.26. The van der Waals surface area contributed by atoms with Crippen LogP contribution in [-0.4, -0.2) is 31.8 Å². The van der Waals surface area contributed by atoms with E-state index >= 15 is 0 Å². The summed E-state index contributed by atoms with van der Waals surface area (Å²) in [4.78, 5) is 24.6. The maximum Gasteiger partial charge on any atom is 0.343 e.